The second kappa shape index (κ2) is 43.1. The third kappa shape index (κ3) is 41.3. The number of unbranched alkanes of at least 4 members (excludes halogenated alkanes) is 10. The number of carbonyl (C=O) groups is 3. The molecule has 0 spiro atoms. The van der Waals surface area contributed by atoms with Gasteiger partial charge in [0.1, 0.15) is 13.2 Å². The number of esters is 3. The van der Waals surface area contributed by atoms with Gasteiger partial charge in [-0.05, 0) is 96.3 Å². The Morgan fingerprint density at radius 2 is 0.745 bits per heavy atom. The molecule has 0 aromatic carbocycles. The molecule has 6 heteroatoms. The van der Waals surface area contributed by atoms with E-state index in [9.17, 15) is 14.4 Å². The SMILES string of the molecule is CC/C=C\C/C=C\C/C=C\C/C=C\C/C=C\C/C=C\CCC(=O)OCC(COC(=O)CCC/C=C\CCCCCC)OC(=O)CCC/C=C\CCCCCC. The first kappa shape index (κ1) is 51.3. The molecule has 0 aliphatic rings. The molecule has 0 radical (unpaired) electrons. The molecule has 0 aliphatic heterocycles. The zero-order chi connectivity index (χ0) is 40.1. The molecular formula is C49H78O6. The largest absolute Gasteiger partial charge is 0.462 e. The highest BCUT2D eigenvalue weighted by molar-refractivity contribution is 5.71. The molecule has 0 fully saturated rings. The minimum atomic E-state index is -0.830. The highest BCUT2D eigenvalue weighted by Crippen LogP contribution is 2.09. The number of carbonyl (C=O) groups excluding carboxylic acids is 3. The maximum absolute atomic E-state index is 12.6. The highest BCUT2D eigenvalue weighted by atomic mass is 16.6. The van der Waals surface area contributed by atoms with Crippen molar-refractivity contribution in [3.63, 3.8) is 0 Å². The molecule has 0 N–H and O–H groups in total. The third-order valence-corrected chi connectivity index (χ3v) is 8.56. The number of hydrogen-bond donors (Lipinski definition) is 0. The Morgan fingerprint density at radius 3 is 1.18 bits per heavy atom. The summed E-state index contributed by atoms with van der Waals surface area (Å²) in [5.41, 5.74) is 0. The van der Waals surface area contributed by atoms with E-state index in [0.29, 0.717) is 19.3 Å². The average Bonchev–Trinajstić information content (AvgIpc) is 3.18. The molecule has 6 nitrogen and oxygen atoms in total. The highest BCUT2D eigenvalue weighted by Gasteiger charge is 2.19. The fourth-order valence-corrected chi connectivity index (χ4v) is 5.30. The minimum Gasteiger partial charge on any atom is -0.462 e. The van der Waals surface area contributed by atoms with Crippen LogP contribution in [0, 0.1) is 0 Å². The summed E-state index contributed by atoms with van der Waals surface area (Å²) in [6.45, 7) is 6.29. The molecule has 0 saturated heterocycles. The van der Waals surface area contributed by atoms with Crippen LogP contribution in [0.3, 0.4) is 0 Å². The van der Waals surface area contributed by atoms with Crippen LogP contribution in [0.2, 0.25) is 0 Å². The average molecular weight is 763 g/mol. The first-order valence-corrected chi connectivity index (χ1v) is 21.7. The third-order valence-electron chi connectivity index (χ3n) is 8.56. The van der Waals surface area contributed by atoms with Crippen LogP contribution in [0.4, 0.5) is 0 Å². The summed E-state index contributed by atoms with van der Waals surface area (Å²) < 4.78 is 16.5. The van der Waals surface area contributed by atoms with Crippen molar-refractivity contribution < 1.29 is 28.6 Å². The van der Waals surface area contributed by atoms with Crippen molar-refractivity contribution in [1.29, 1.82) is 0 Å². The van der Waals surface area contributed by atoms with Gasteiger partial charge in [0.2, 0.25) is 0 Å². The molecular weight excluding hydrogens is 685 g/mol. The fraction of sp³-hybridized carbons (Fsp3) is 0.612. The van der Waals surface area contributed by atoms with Crippen molar-refractivity contribution in [1.82, 2.24) is 0 Å². The van der Waals surface area contributed by atoms with Gasteiger partial charge in [-0.15, -0.1) is 0 Å². The topological polar surface area (TPSA) is 78.9 Å². The van der Waals surface area contributed by atoms with E-state index in [1.165, 1.54) is 51.4 Å². The molecule has 0 heterocycles. The predicted molar refractivity (Wildman–Crippen MR) is 233 cm³/mol. The van der Waals surface area contributed by atoms with Crippen molar-refractivity contribution in [3.05, 3.63) is 97.2 Å². The number of allylic oxidation sites excluding steroid dienone is 16. The van der Waals surface area contributed by atoms with E-state index in [1.807, 2.05) is 12.2 Å². The summed E-state index contributed by atoms with van der Waals surface area (Å²) in [7, 11) is 0. The van der Waals surface area contributed by atoms with Gasteiger partial charge in [-0.1, -0.05) is 157 Å². The first-order chi connectivity index (χ1) is 27.0. The standard InChI is InChI=1S/C49H78O6/c1-4-7-10-13-16-19-20-21-22-23-24-25-26-27-28-31-33-36-39-42-48(51)54-45-46(55-49(52)43-40-37-34-30-18-15-12-9-6-3)44-53-47(50)41-38-35-32-29-17-14-11-8-5-2/h7,10,16,19,21-22,24-25,27-30,32-34,36,46H,4-6,8-9,11-15,17-18,20,23,26,31,35,37-45H2,1-3H3/b10-7-,19-16-,22-21-,25-24-,28-27-,32-29-,34-30-,36-33-. The van der Waals surface area contributed by atoms with E-state index in [2.05, 4.69) is 106 Å². The van der Waals surface area contributed by atoms with Crippen LogP contribution >= 0.6 is 0 Å². The van der Waals surface area contributed by atoms with Crippen molar-refractivity contribution in [2.75, 3.05) is 13.2 Å². The lowest BCUT2D eigenvalue weighted by Crippen LogP contribution is -2.30. The molecule has 1 atom stereocenters. The first-order valence-electron chi connectivity index (χ1n) is 21.7. The van der Waals surface area contributed by atoms with E-state index in [-0.39, 0.29) is 50.4 Å². The number of rotatable bonds is 37. The Balaban J connectivity index is 4.50. The van der Waals surface area contributed by atoms with Crippen molar-refractivity contribution in [2.24, 2.45) is 0 Å². The molecule has 0 amide bonds. The van der Waals surface area contributed by atoms with Crippen LogP contribution in [-0.4, -0.2) is 37.2 Å². The number of ether oxygens (including phenoxy) is 3. The van der Waals surface area contributed by atoms with Gasteiger partial charge in [0.25, 0.3) is 0 Å². The van der Waals surface area contributed by atoms with Crippen molar-refractivity contribution in [2.45, 2.75) is 181 Å². The Labute approximate surface area is 337 Å². The monoisotopic (exact) mass is 763 g/mol. The minimum absolute atomic E-state index is 0.129. The quantitative estimate of drug-likeness (QED) is 0.0271. The van der Waals surface area contributed by atoms with Gasteiger partial charge < -0.3 is 14.2 Å². The molecule has 310 valence electrons. The summed E-state index contributed by atoms with van der Waals surface area (Å²) in [6.07, 6.45) is 55.7. The number of hydrogen-bond acceptors (Lipinski definition) is 6. The second-order valence-electron chi connectivity index (χ2n) is 13.9. The van der Waals surface area contributed by atoms with Crippen molar-refractivity contribution >= 4 is 17.9 Å². The van der Waals surface area contributed by atoms with E-state index in [4.69, 9.17) is 14.2 Å². The lowest BCUT2D eigenvalue weighted by atomic mass is 10.1. The molecule has 0 saturated carbocycles. The molecule has 0 aromatic heterocycles. The zero-order valence-electron chi connectivity index (χ0n) is 35.1. The Kier molecular flexibility index (Phi) is 40.2. The Hall–Kier alpha value is -3.67. The van der Waals surface area contributed by atoms with E-state index >= 15 is 0 Å². The summed E-state index contributed by atoms with van der Waals surface area (Å²) in [6, 6.07) is 0. The van der Waals surface area contributed by atoms with Gasteiger partial charge in [-0.3, -0.25) is 14.4 Å². The smallest absolute Gasteiger partial charge is 0.306 e. The van der Waals surface area contributed by atoms with Crippen LogP contribution in [0.5, 0.6) is 0 Å². The lowest BCUT2D eigenvalue weighted by molar-refractivity contribution is -0.166. The Bertz CT molecular complexity index is 1150. The maximum atomic E-state index is 12.6. The normalized spacial score (nSPS) is 13.0. The maximum Gasteiger partial charge on any atom is 0.306 e. The molecule has 0 bridgehead atoms. The van der Waals surface area contributed by atoms with Crippen molar-refractivity contribution in [3.8, 4) is 0 Å². The van der Waals surface area contributed by atoms with Gasteiger partial charge in [0.15, 0.2) is 6.10 Å². The van der Waals surface area contributed by atoms with Gasteiger partial charge in [-0.2, -0.15) is 0 Å². The summed E-state index contributed by atoms with van der Waals surface area (Å²) in [5.74, 6) is -1.10. The van der Waals surface area contributed by atoms with Crippen LogP contribution in [0.25, 0.3) is 0 Å². The summed E-state index contributed by atoms with van der Waals surface area (Å²) in [4.78, 5) is 37.5. The van der Waals surface area contributed by atoms with Crippen LogP contribution in [0.15, 0.2) is 97.2 Å². The van der Waals surface area contributed by atoms with E-state index < -0.39 is 6.10 Å². The molecule has 0 rings (SSSR count). The predicted octanol–water partition coefficient (Wildman–Crippen LogP) is 13.9. The molecule has 0 aromatic rings. The molecule has 55 heavy (non-hydrogen) atoms. The molecule has 1 unspecified atom stereocenters. The van der Waals surface area contributed by atoms with E-state index in [0.717, 1.165) is 64.2 Å². The zero-order valence-corrected chi connectivity index (χ0v) is 35.1. The van der Waals surface area contributed by atoms with Crippen LogP contribution < -0.4 is 0 Å². The van der Waals surface area contributed by atoms with Gasteiger partial charge in [-0.25, -0.2) is 0 Å². The van der Waals surface area contributed by atoms with Crippen LogP contribution in [0.1, 0.15) is 175 Å². The summed E-state index contributed by atoms with van der Waals surface area (Å²) >= 11 is 0. The summed E-state index contributed by atoms with van der Waals surface area (Å²) in [5, 5.41) is 0. The Morgan fingerprint density at radius 1 is 0.382 bits per heavy atom. The second-order valence-corrected chi connectivity index (χ2v) is 13.9. The van der Waals surface area contributed by atoms with Gasteiger partial charge >= 0.3 is 17.9 Å². The lowest BCUT2D eigenvalue weighted by Gasteiger charge is -2.18. The van der Waals surface area contributed by atoms with E-state index in [1.54, 1.807) is 0 Å². The van der Waals surface area contributed by atoms with Crippen LogP contribution in [-0.2, 0) is 28.6 Å². The molecule has 0 aliphatic carbocycles. The van der Waals surface area contributed by atoms with Gasteiger partial charge in [0, 0.05) is 19.3 Å². The van der Waals surface area contributed by atoms with Gasteiger partial charge in [0.05, 0.1) is 0 Å². The fourth-order valence-electron chi connectivity index (χ4n) is 5.30.